The molecule has 100 valence electrons. The molecule has 0 radical (unpaired) electrons. The molecule has 1 atom stereocenters. The smallest absolute Gasteiger partial charge is 0.354 e. The Bertz CT molecular complexity index is 600. The van der Waals surface area contributed by atoms with Crippen molar-refractivity contribution in [1.82, 2.24) is 4.98 Å². The maximum Gasteiger partial charge on any atom is 0.354 e. The number of benzene rings is 1. The highest BCUT2D eigenvalue weighted by atomic mass is 16.4. The van der Waals surface area contributed by atoms with E-state index in [1.165, 1.54) is 6.07 Å². The zero-order chi connectivity index (χ0) is 13.8. The van der Waals surface area contributed by atoms with Crippen molar-refractivity contribution in [1.29, 1.82) is 0 Å². The lowest BCUT2D eigenvalue weighted by Gasteiger charge is -2.12. The highest BCUT2D eigenvalue weighted by molar-refractivity contribution is 5.97. The summed E-state index contributed by atoms with van der Waals surface area (Å²) in [7, 11) is 0. The van der Waals surface area contributed by atoms with Gasteiger partial charge in [-0.1, -0.05) is 24.3 Å². The van der Waals surface area contributed by atoms with Crippen molar-refractivity contribution in [2.24, 2.45) is 0 Å². The number of carbonyl (C=O) groups is 1. The topological polar surface area (TPSA) is 103 Å². The first-order chi connectivity index (χ1) is 9.11. The molecule has 0 bridgehead atoms. The lowest BCUT2D eigenvalue weighted by molar-refractivity contribution is 0.0691. The van der Waals surface area contributed by atoms with Crippen LogP contribution < -0.4 is 5.32 Å². The third-order valence-corrected chi connectivity index (χ3v) is 2.68. The number of nitrogens with zero attached hydrogens (tertiary/aromatic N) is 1. The fraction of sp³-hybridized carbons (Fsp3) is 0.231. The maximum atomic E-state index is 11.0. The van der Waals surface area contributed by atoms with Crippen LogP contribution in [0.15, 0.2) is 30.3 Å². The van der Waals surface area contributed by atoms with Crippen LogP contribution in [0.3, 0.4) is 0 Å². The van der Waals surface area contributed by atoms with E-state index in [2.05, 4.69) is 10.3 Å². The molecule has 0 aliphatic heterocycles. The van der Waals surface area contributed by atoms with Gasteiger partial charge in [-0.3, -0.25) is 0 Å². The number of pyridine rings is 1. The predicted molar refractivity (Wildman–Crippen MR) is 70.3 cm³/mol. The second-order valence-electron chi connectivity index (χ2n) is 4.10. The summed E-state index contributed by atoms with van der Waals surface area (Å²) in [5.41, 5.74) is -0.0697. The Morgan fingerprint density at radius 2 is 2.11 bits per heavy atom. The van der Waals surface area contributed by atoms with Gasteiger partial charge in [-0.05, 0) is 11.5 Å². The summed E-state index contributed by atoms with van der Waals surface area (Å²) < 4.78 is 0. The van der Waals surface area contributed by atoms with E-state index in [0.717, 1.165) is 10.8 Å². The van der Waals surface area contributed by atoms with E-state index in [9.17, 15) is 9.90 Å². The number of carboxylic acids is 1. The predicted octanol–water partition coefficient (Wildman–Crippen LogP) is 0.698. The standard InChI is InChI=1S/C13H14N2O4/c16-7-9(17)6-14-12-10-4-2-1-3-8(10)5-11(15-12)13(18)19/h1-5,9,16-17H,6-7H2,(H,14,15)(H,18,19). The minimum absolute atomic E-state index is 0.0697. The zero-order valence-corrected chi connectivity index (χ0v) is 10.1. The number of hydrogen-bond donors (Lipinski definition) is 4. The molecule has 0 aliphatic rings. The van der Waals surface area contributed by atoms with E-state index in [1.807, 2.05) is 12.1 Å². The zero-order valence-electron chi connectivity index (χ0n) is 10.1. The molecule has 1 aromatic carbocycles. The fourth-order valence-corrected chi connectivity index (χ4v) is 1.72. The molecule has 0 saturated heterocycles. The molecule has 1 heterocycles. The Kier molecular flexibility index (Phi) is 3.94. The quantitative estimate of drug-likeness (QED) is 0.632. The summed E-state index contributed by atoms with van der Waals surface area (Å²) in [6.45, 7) is -0.278. The van der Waals surface area contributed by atoms with Crippen LogP contribution in [0.5, 0.6) is 0 Å². The van der Waals surface area contributed by atoms with E-state index < -0.39 is 12.1 Å². The number of fused-ring (bicyclic) bond motifs is 1. The van der Waals surface area contributed by atoms with Crippen LogP contribution in [0, 0.1) is 0 Å². The van der Waals surface area contributed by atoms with Crippen LogP contribution in [-0.4, -0.2) is 45.5 Å². The van der Waals surface area contributed by atoms with Crippen molar-refractivity contribution in [3.8, 4) is 0 Å². The third-order valence-electron chi connectivity index (χ3n) is 2.68. The molecule has 0 spiro atoms. The number of aliphatic hydroxyl groups excluding tert-OH is 2. The van der Waals surface area contributed by atoms with Crippen molar-refractivity contribution in [2.45, 2.75) is 6.10 Å². The normalized spacial score (nSPS) is 12.3. The Hall–Kier alpha value is -2.18. The molecule has 0 amide bonds. The van der Waals surface area contributed by atoms with Gasteiger partial charge < -0.3 is 20.6 Å². The SMILES string of the molecule is O=C(O)c1cc2ccccc2c(NCC(O)CO)n1. The molecule has 0 aliphatic carbocycles. The minimum Gasteiger partial charge on any atom is -0.477 e. The lowest BCUT2D eigenvalue weighted by atomic mass is 10.1. The Balaban J connectivity index is 2.41. The van der Waals surface area contributed by atoms with Crippen molar-refractivity contribution >= 4 is 22.6 Å². The largest absolute Gasteiger partial charge is 0.477 e. The van der Waals surface area contributed by atoms with E-state index >= 15 is 0 Å². The van der Waals surface area contributed by atoms with Crippen molar-refractivity contribution in [3.63, 3.8) is 0 Å². The molecule has 2 aromatic rings. The average molecular weight is 262 g/mol. The minimum atomic E-state index is -1.11. The Morgan fingerprint density at radius 3 is 2.79 bits per heavy atom. The third kappa shape index (κ3) is 2.98. The van der Waals surface area contributed by atoms with Crippen LogP contribution in [0.2, 0.25) is 0 Å². The number of hydrogen-bond acceptors (Lipinski definition) is 5. The number of rotatable bonds is 5. The number of carboxylic acid groups (broad SMARTS) is 1. The van der Waals surface area contributed by atoms with Gasteiger partial charge in [0.2, 0.25) is 0 Å². The first kappa shape index (κ1) is 13.3. The van der Waals surface area contributed by atoms with Gasteiger partial charge in [-0.15, -0.1) is 0 Å². The Labute approximate surface area is 109 Å². The molecule has 4 N–H and O–H groups in total. The van der Waals surface area contributed by atoms with Crippen molar-refractivity contribution in [3.05, 3.63) is 36.0 Å². The first-order valence-corrected chi connectivity index (χ1v) is 5.77. The highest BCUT2D eigenvalue weighted by Gasteiger charge is 2.11. The van der Waals surface area contributed by atoms with Crippen molar-refractivity contribution in [2.75, 3.05) is 18.5 Å². The van der Waals surface area contributed by atoms with Crippen LogP contribution in [0.4, 0.5) is 5.82 Å². The van der Waals surface area contributed by atoms with Crippen LogP contribution in [0.25, 0.3) is 10.8 Å². The summed E-state index contributed by atoms with van der Waals surface area (Å²) in [6.07, 6.45) is -0.922. The summed E-state index contributed by atoms with van der Waals surface area (Å²) in [4.78, 5) is 15.0. The first-order valence-electron chi connectivity index (χ1n) is 5.77. The molecular formula is C13H14N2O4. The van der Waals surface area contributed by atoms with E-state index in [4.69, 9.17) is 10.2 Å². The number of anilines is 1. The molecule has 2 rings (SSSR count). The number of aliphatic hydroxyl groups is 2. The van der Waals surface area contributed by atoms with Crippen LogP contribution in [-0.2, 0) is 0 Å². The van der Waals surface area contributed by atoms with Crippen molar-refractivity contribution < 1.29 is 20.1 Å². The van der Waals surface area contributed by atoms with Gasteiger partial charge in [0.15, 0.2) is 5.69 Å². The molecule has 0 fully saturated rings. The van der Waals surface area contributed by atoms with E-state index in [1.54, 1.807) is 12.1 Å². The molecule has 0 saturated carbocycles. The van der Waals surface area contributed by atoms with Crippen LogP contribution in [0.1, 0.15) is 10.5 Å². The summed E-state index contributed by atoms with van der Waals surface area (Å²) in [5.74, 6) is -0.737. The molecule has 6 nitrogen and oxygen atoms in total. The van der Waals surface area contributed by atoms with E-state index in [0.29, 0.717) is 5.82 Å². The summed E-state index contributed by atoms with van der Waals surface area (Å²) in [6, 6.07) is 8.71. The van der Waals surface area contributed by atoms with Crippen LogP contribution >= 0.6 is 0 Å². The van der Waals surface area contributed by atoms with E-state index in [-0.39, 0.29) is 18.8 Å². The van der Waals surface area contributed by atoms with Gasteiger partial charge >= 0.3 is 5.97 Å². The Morgan fingerprint density at radius 1 is 1.37 bits per heavy atom. The average Bonchev–Trinajstić information content (AvgIpc) is 2.43. The number of nitrogens with one attached hydrogen (secondary N) is 1. The molecular weight excluding hydrogens is 248 g/mol. The molecule has 6 heteroatoms. The summed E-state index contributed by atoms with van der Waals surface area (Å²) in [5, 5.41) is 31.4. The number of aromatic carboxylic acids is 1. The molecule has 1 aromatic heterocycles. The summed E-state index contributed by atoms with van der Waals surface area (Å²) >= 11 is 0. The maximum absolute atomic E-state index is 11.0. The van der Waals surface area contributed by atoms with Gasteiger partial charge in [-0.25, -0.2) is 9.78 Å². The van der Waals surface area contributed by atoms with Gasteiger partial charge in [0, 0.05) is 11.9 Å². The second-order valence-corrected chi connectivity index (χ2v) is 4.10. The van der Waals surface area contributed by atoms with Gasteiger partial charge in [0.25, 0.3) is 0 Å². The monoisotopic (exact) mass is 262 g/mol. The number of aromatic nitrogens is 1. The van der Waals surface area contributed by atoms with Gasteiger partial charge in [-0.2, -0.15) is 0 Å². The fourth-order valence-electron chi connectivity index (χ4n) is 1.72. The molecule has 1 unspecified atom stereocenters. The lowest BCUT2D eigenvalue weighted by Crippen LogP contribution is -2.23. The second kappa shape index (κ2) is 5.64. The molecule has 19 heavy (non-hydrogen) atoms. The van der Waals surface area contributed by atoms with Gasteiger partial charge in [0.1, 0.15) is 5.82 Å². The highest BCUT2D eigenvalue weighted by Crippen LogP contribution is 2.22. The van der Waals surface area contributed by atoms with Gasteiger partial charge in [0.05, 0.1) is 12.7 Å².